The minimum absolute atomic E-state index is 0.103. The summed E-state index contributed by atoms with van der Waals surface area (Å²) < 4.78 is 5.73. The molecule has 0 bridgehead atoms. The predicted molar refractivity (Wildman–Crippen MR) is 93.8 cm³/mol. The van der Waals surface area contributed by atoms with Gasteiger partial charge in [-0.05, 0) is 38.1 Å². The molecule has 0 atom stereocenters. The summed E-state index contributed by atoms with van der Waals surface area (Å²) >= 11 is 6.04. The van der Waals surface area contributed by atoms with Crippen molar-refractivity contribution in [3.63, 3.8) is 0 Å². The number of hydrogen-bond donors (Lipinski definition) is 2. The Hall–Kier alpha value is -2.53. The first-order valence-electron chi connectivity index (χ1n) is 7.51. The van der Waals surface area contributed by atoms with Crippen molar-refractivity contribution in [3.05, 3.63) is 53.1 Å². The number of carbonyl (C=O) groups is 2. The first kappa shape index (κ1) is 16.3. The van der Waals surface area contributed by atoms with Crippen LogP contribution in [0.4, 0.5) is 11.4 Å². The molecule has 2 N–H and O–H groups in total. The van der Waals surface area contributed by atoms with E-state index in [0.29, 0.717) is 27.7 Å². The van der Waals surface area contributed by atoms with Crippen LogP contribution in [0.1, 0.15) is 24.2 Å². The van der Waals surface area contributed by atoms with Crippen LogP contribution in [0, 0.1) is 5.41 Å². The molecule has 0 unspecified atom stereocenters. The number of ether oxygens (including phenoxy) is 1. The molecule has 2 aromatic rings. The molecule has 24 heavy (non-hydrogen) atoms. The SMILES string of the molecule is CC1(C)COc2cc(NC(=O)c3ccccc3Cl)ccc2NC1=O. The van der Waals surface area contributed by atoms with Crippen molar-refractivity contribution in [3.8, 4) is 5.75 Å². The fraction of sp³-hybridized carbons (Fsp3) is 0.222. The molecule has 124 valence electrons. The highest BCUT2D eigenvalue weighted by Crippen LogP contribution is 2.34. The zero-order valence-corrected chi connectivity index (χ0v) is 14.1. The Morgan fingerprint density at radius 3 is 2.75 bits per heavy atom. The summed E-state index contributed by atoms with van der Waals surface area (Å²) in [6.45, 7) is 3.89. The van der Waals surface area contributed by atoms with Crippen LogP contribution in [0.5, 0.6) is 5.75 Å². The molecule has 0 saturated heterocycles. The summed E-state index contributed by atoms with van der Waals surface area (Å²) in [4.78, 5) is 24.4. The molecule has 0 saturated carbocycles. The van der Waals surface area contributed by atoms with Gasteiger partial charge >= 0.3 is 0 Å². The highest BCUT2D eigenvalue weighted by atomic mass is 35.5. The summed E-state index contributed by atoms with van der Waals surface area (Å²) in [7, 11) is 0. The third kappa shape index (κ3) is 3.21. The number of anilines is 2. The maximum absolute atomic E-state index is 12.3. The van der Waals surface area contributed by atoms with Gasteiger partial charge in [0.05, 0.1) is 21.7 Å². The van der Waals surface area contributed by atoms with Gasteiger partial charge in [-0.2, -0.15) is 0 Å². The van der Waals surface area contributed by atoms with E-state index in [4.69, 9.17) is 16.3 Å². The molecule has 1 heterocycles. The molecule has 2 amide bonds. The molecule has 0 fully saturated rings. The zero-order chi connectivity index (χ0) is 17.3. The van der Waals surface area contributed by atoms with Gasteiger partial charge in [-0.1, -0.05) is 23.7 Å². The molecule has 1 aliphatic heterocycles. The molecule has 5 nitrogen and oxygen atoms in total. The molecule has 0 radical (unpaired) electrons. The lowest BCUT2D eigenvalue weighted by molar-refractivity contribution is -0.124. The van der Waals surface area contributed by atoms with Crippen LogP contribution in [0.2, 0.25) is 5.02 Å². The van der Waals surface area contributed by atoms with Gasteiger partial charge in [0.15, 0.2) is 0 Å². The van der Waals surface area contributed by atoms with Crippen LogP contribution in [0.25, 0.3) is 0 Å². The van der Waals surface area contributed by atoms with Gasteiger partial charge in [0.1, 0.15) is 12.4 Å². The van der Waals surface area contributed by atoms with Crippen LogP contribution in [-0.4, -0.2) is 18.4 Å². The van der Waals surface area contributed by atoms with Gasteiger partial charge in [-0.3, -0.25) is 9.59 Å². The highest BCUT2D eigenvalue weighted by Gasteiger charge is 2.32. The van der Waals surface area contributed by atoms with E-state index in [0.717, 1.165) is 0 Å². The predicted octanol–water partition coefficient (Wildman–Crippen LogP) is 3.95. The molecule has 1 aliphatic rings. The maximum atomic E-state index is 12.3. The van der Waals surface area contributed by atoms with Crippen molar-refractivity contribution in [1.29, 1.82) is 0 Å². The fourth-order valence-corrected chi connectivity index (χ4v) is 2.50. The van der Waals surface area contributed by atoms with E-state index in [9.17, 15) is 9.59 Å². The van der Waals surface area contributed by atoms with Crippen LogP contribution in [0.3, 0.4) is 0 Å². The number of amides is 2. The molecule has 0 aliphatic carbocycles. The number of carbonyl (C=O) groups excluding carboxylic acids is 2. The third-order valence-corrected chi connectivity index (χ3v) is 4.14. The minimum Gasteiger partial charge on any atom is -0.490 e. The van der Waals surface area contributed by atoms with Crippen molar-refractivity contribution >= 4 is 34.8 Å². The molecular formula is C18H17ClN2O3. The van der Waals surface area contributed by atoms with Gasteiger partial charge in [-0.25, -0.2) is 0 Å². The van der Waals surface area contributed by atoms with Crippen LogP contribution >= 0.6 is 11.6 Å². The van der Waals surface area contributed by atoms with Crippen molar-refractivity contribution < 1.29 is 14.3 Å². The second kappa shape index (κ2) is 6.17. The molecule has 2 aromatic carbocycles. The average molecular weight is 345 g/mol. The van der Waals surface area contributed by atoms with Gasteiger partial charge < -0.3 is 15.4 Å². The number of halogens is 1. The van der Waals surface area contributed by atoms with E-state index in [-0.39, 0.29) is 18.4 Å². The van der Waals surface area contributed by atoms with E-state index in [1.54, 1.807) is 42.5 Å². The van der Waals surface area contributed by atoms with Crippen molar-refractivity contribution in [2.75, 3.05) is 17.2 Å². The van der Waals surface area contributed by atoms with E-state index in [1.807, 2.05) is 13.8 Å². The second-order valence-corrected chi connectivity index (χ2v) is 6.68. The first-order valence-corrected chi connectivity index (χ1v) is 7.89. The van der Waals surface area contributed by atoms with E-state index in [2.05, 4.69) is 10.6 Å². The quantitative estimate of drug-likeness (QED) is 0.866. The lowest BCUT2D eigenvalue weighted by Crippen LogP contribution is -2.33. The third-order valence-electron chi connectivity index (χ3n) is 3.81. The van der Waals surface area contributed by atoms with E-state index in [1.165, 1.54) is 0 Å². The summed E-state index contributed by atoms with van der Waals surface area (Å²) in [5, 5.41) is 6.01. The van der Waals surface area contributed by atoms with Gasteiger partial charge in [0.25, 0.3) is 5.91 Å². The molecule has 0 spiro atoms. The van der Waals surface area contributed by atoms with Crippen molar-refractivity contribution in [1.82, 2.24) is 0 Å². The Bertz CT molecular complexity index is 818. The topological polar surface area (TPSA) is 67.4 Å². The summed E-state index contributed by atoms with van der Waals surface area (Å²) in [5.41, 5.74) is 0.915. The van der Waals surface area contributed by atoms with Gasteiger partial charge in [0.2, 0.25) is 5.91 Å². The van der Waals surface area contributed by atoms with E-state index < -0.39 is 5.41 Å². The Morgan fingerprint density at radius 1 is 1.25 bits per heavy atom. The van der Waals surface area contributed by atoms with Gasteiger partial charge in [-0.15, -0.1) is 0 Å². The standard InChI is InChI=1S/C18H17ClN2O3/c1-18(2)10-24-15-9-11(7-8-14(15)21-17(18)23)20-16(22)12-5-3-4-6-13(12)19/h3-9H,10H2,1-2H3,(H,20,22)(H,21,23). The minimum atomic E-state index is -0.625. The number of hydrogen-bond acceptors (Lipinski definition) is 3. The van der Waals surface area contributed by atoms with Crippen LogP contribution in [-0.2, 0) is 4.79 Å². The number of nitrogens with one attached hydrogen (secondary N) is 2. The van der Waals surface area contributed by atoms with Crippen molar-refractivity contribution in [2.24, 2.45) is 5.41 Å². The Labute approximate surface area is 145 Å². The Balaban J connectivity index is 1.83. The Morgan fingerprint density at radius 2 is 2.00 bits per heavy atom. The highest BCUT2D eigenvalue weighted by molar-refractivity contribution is 6.34. The monoisotopic (exact) mass is 344 g/mol. The lowest BCUT2D eigenvalue weighted by Gasteiger charge is -2.18. The maximum Gasteiger partial charge on any atom is 0.257 e. The molecular weight excluding hydrogens is 328 g/mol. The summed E-state index contributed by atoms with van der Waals surface area (Å²) in [6, 6.07) is 11.9. The zero-order valence-electron chi connectivity index (χ0n) is 13.4. The average Bonchev–Trinajstić information content (AvgIpc) is 2.65. The summed E-state index contributed by atoms with van der Waals surface area (Å²) in [5.74, 6) is 0.110. The molecule has 0 aromatic heterocycles. The number of rotatable bonds is 2. The number of benzene rings is 2. The Kier molecular flexibility index (Phi) is 4.20. The lowest BCUT2D eigenvalue weighted by atomic mass is 9.94. The summed E-state index contributed by atoms with van der Waals surface area (Å²) in [6.07, 6.45) is 0. The fourth-order valence-electron chi connectivity index (χ4n) is 2.28. The van der Waals surface area contributed by atoms with Gasteiger partial charge in [0, 0.05) is 11.8 Å². The van der Waals surface area contributed by atoms with E-state index >= 15 is 0 Å². The van der Waals surface area contributed by atoms with Crippen LogP contribution < -0.4 is 15.4 Å². The van der Waals surface area contributed by atoms with Crippen molar-refractivity contribution in [2.45, 2.75) is 13.8 Å². The molecule has 3 rings (SSSR count). The molecule has 6 heteroatoms. The number of fused-ring (bicyclic) bond motifs is 1. The van der Waals surface area contributed by atoms with Crippen LogP contribution in [0.15, 0.2) is 42.5 Å². The second-order valence-electron chi connectivity index (χ2n) is 6.27. The normalized spacial score (nSPS) is 15.5. The largest absolute Gasteiger partial charge is 0.490 e. The first-order chi connectivity index (χ1) is 11.4. The smallest absolute Gasteiger partial charge is 0.257 e.